The molecule has 0 aromatic carbocycles. The predicted molar refractivity (Wildman–Crippen MR) is 70.2 cm³/mol. The third-order valence-corrected chi connectivity index (χ3v) is 3.16. The first kappa shape index (κ1) is 13.9. The molecule has 1 rings (SSSR count). The van der Waals surface area contributed by atoms with Gasteiger partial charge in [0.2, 0.25) is 5.78 Å². The van der Waals surface area contributed by atoms with E-state index in [1.807, 2.05) is 26.8 Å². The van der Waals surface area contributed by atoms with Crippen LogP contribution in [0.1, 0.15) is 40.5 Å². The molecule has 0 N–H and O–H groups in total. The first-order valence-electron chi connectivity index (χ1n) is 6.30. The summed E-state index contributed by atoms with van der Waals surface area (Å²) in [5, 5.41) is 0. The Bertz CT molecular complexity index is 331. The van der Waals surface area contributed by atoms with Crippen LogP contribution in [0.4, 0.5) is 0 Å². The highest BCUT2D eigenvalue weighted by molar-refractivity contribution is 6.37. The highest BCUT2D eigenvalue weighted by Gasteiger charge is 2.33. The SMILES string of the molecule is C=C[C@H](CCC)[C@@H](C)C(=O)C1=NC(C)(C)CO1. The molecule has 3 nitrogen and oxygen atoms in total. The minimum atomic E-state index is -0.265. The van der Waals surface area contributed by atoms with Gasteiger partial charge in [-0.2, -0.15) is 0 Å². The van der Waals surface area contributed by atoms with Crippen molar-refractivity contribution in [2.75, 3.05) is 6.61 Å². The Morgan fingerprint density at radius 3 is 2.71 bits per heavy atom. The topological polar surface area (TPSA) is 38.7 Å². The summed E-state index contributed by atoms with van der Waals surface area (Å²) in [4.78, 5) is 16.5. The second kappa shape index (κ2) is 5.48. The van der Waals surface area contributed by atoms with Gasteiger partial charge in [0.25, 0.3) is 5.90 Å². The molecule has 0 aliphatic carbocycles. The van der Waals surface area contributed by atoms with Gasteiger partial charge >= 0.3 is 0 Å². The fourth-order valence-corrected chi connectivity index (χ4v) is 2.01. The van der Waals surface area contributed by atoms with Gasteiger partial charge in [0.15, 0.2) is 0 Å². The second-order valence-corrected chi connectivity index (χ2v) is 5.36. The molecule has 0 fully saturated rings. The summed E-state index contributed by atoms with van der Waals surface area (Å²) in [5.41, 5.74) is -0.265. The smallest absolute Gasteiger partial charge is 0.254 e. The van der Waals surface area contributed by atoms with E-state index >= 15 is 0 Å². The van der Waals surface area contributed by atoms with Crippen LogP contribution in [0.5, 0.6) is 0 Å². The van der Waals surface area contributed by atoms with Gasteiger partial charge < -0.3 is 4.74 Å². The van der Waals surface area contributed by atoms with Crippen molar-refractivity contribution < 1.29 is 9.53 Å². The molecule has 0 amide bonds. The number of ether oxygens (including phenoxy) is 1. The van der Waals surface area contributed by atoms with Crippen LogP contribution in [0.15, 0.2) is 17.6 Å². The summed E-state index contributed by atoms with van der Waals surface area (Å²) in [7, 11) is 0. The van der Waals surface area contributed by atoms with Gasteiger partial charge in [-0.15, -0.1) is 6.58 Å². The number of allylic oxidation sites excluding steroid dienone is 1. The third kappa shape index (κ3) is 3.42. The molecule has 1 aliphatic heterocycles. The molecule has 17 heavy (non-hydrogen) atoms. The van der Waals surface area contributed by atoms with Crippen LogP contribution in [-0.2, 0) is 9.53 Å². The second-order valence-electron chi connectivity index (χ2n) is 5.36. The maximum atomic E-state index is 12.2. The minimum absolute atomic E-state index is 0.00826. The average Bonchev–Trinajstić information content (AvgIpc) is 2.64. The lowest BCUT2D eigenvalue weighted by Crippen LogP contribution is -2.27. The van der Waals surface area contributed by atoms with E-state index in [0.717, 1.165) is 12.8 Å². The molecule has 96 valence electrons. The van der Waals surface area contributed by atoms with E-state index in [1.54, 1.807) is 0 Å². The van der Waals surface area contributed by atoms with Gasteiger partial charge in [-0.3, -0.25) is 4.79 Å². The van der Waals surface area contributed by atoms with Crippen LogP contribution in [0.2, 0.25) is 0 Å². The molecule has 0 aromatic heterocycles. The zero-order chi connectivity index (χ0) is 13.1. The number of hydrogen-bond acceptors (Lipinski definition) is 3. The Labute approximate surface area is 104 Å². The number of carbonyl (C=O) groups is 1. The summed E-state index contributed by atoms with van der Waals surface area (Å²) >= 11 is 0. The quantitative estimate of drug-likeness (QED) is 0.666. The van der Waals surface area contributed by atoms with Crippen molar-refractivity contribution in [2.45, 2.75) is 46.1 Å². The van der Waals surface area contributed by atoms with E-state index < -0.39 is 0 Å². The lowest BCUT2D eigenvalue weighted by molar-refractivity contribution is -0.118. The molecule has 0 spiro atoms. The van der Waals surface area contributed by atoms with Gasteiger partial charge in [0.1, 0.15) is 6.61 Å². The number of carbonyl (C=O) groups excluding carboxylic acids is 1. The molecular formula is C14H23NO2. The molecule has 0 unspecified atom stereocenters. The van der Waals surface area contributed by atoms with Crippen LogP contribution in [-0.4, -0.2) is 23.8 Å². The fourth-order valence-electron chi connectivity index (χ4n) is 2.01. The van der Waals surface area contributed by atoms with E-state index in [-0.39, 0.29) is 23.2 Å². The predicted octanol–water partition coefficient (Wildman–Crippen LogP) is 3.00. The Hall–Kier alpha value is -1.12. The van der Waals surface area contributed by atoms with Crippen molar-refractivity contribution in [1.82, 2.24) is 0 Å². The molecule has 0 bridgehead atoms. The summed E-state index contributed by atoms with van der Waals surface area (Å²) in [6, 6.07) is 0. The Morgan fingerprint density at radius 1 is 1.65 bits per heavy atom. The van der Waals surface area contributed by atoms with E-state index in [0.29, 0.717) is 12.5 Å². The molecule has 0 saturated carbocycles. The van der Waals surface area contributed by atoms with Crippen molar-refractivity contribution in [3.63, 3.8) is 0 Å². The highest BCUT2D eigenvalue weighted by Crippen LogP contribution is 2.24. The number of ketones is 1. The first-order chi connectivity index (χ1) is 7.91. The lowest BCUT2D eigenvalue weighted by atomic mass is 9.87. The Morgan fingerprint density at radius 2 is 2.29 bits per heavy atom. The molecule has 3 heteroatoms. The number of aliphatic imine (C=N–C) groups is 1. The summed E-state index contributed by atoms with van der Waals surface area (Å²) in [6.45, 7) is 12.3. The van der Waals surface area contributed by atoms with Gasteiger partial charge in [-0.25, -0.2) is 4.99 Å². The zero-order valence-corrected chi connectivity index (χ0v) is 11.3. The lowest BCUT2D eigenvalue weighted by Gasteiger charge is -2.18. The first-order valence-corrected chi connectivity index (χ1v) is 6.30. The van der Waals surface area contributed by atoms with E-state index in [9.17, 15) is 4.79 Å². The number of Topliss-reactive ketones (excluding diaryl/α,β-unsaturated/α-hetero) is 1. The molecule has 2 atom stereocenters. The monoisotopic (exact) mass is 237 g/mol. The van der Waals surface area contributed by atoms with Gasteiger partial charge in [-0.1, -0.05) is 26.3 Å². The third-order valence-electron chi connectivity index (χ3n) is 3.16. The standard InChI is InChI=1S/C14H23NO2/c1-6-8-11(7-2)10(3)12(16)13-15-14(4,5)9-17-13/h7,10-11H,2,6,8-9H2,1,3-5H3/t10-,11-/m1/s1. The van der Waals surface area contributed by atoms with E-state index in [1.165, 1.54) is 0 Å². The maximum absolute atomic E-state index is 12.2. The number of hydrogen-bond donors (Lipinski definition) is 0. The Kier molecular flexibility index (Phi) is 4.49. The van der Waals surface area contributed by atoms with Crippen LogP contribution in [0, 0.1) is 11.8 Å². The minimum Gasteiger partial charge on any atom is -0.473 e. The largest absolute Gasteiger partial charge is 0.473 e. The van der Waals surface area contributed by atoms with Crippen molar-refractivity contribution >= 4 is 11.7 Å². The van der Waals surface area contributed by atoms with E-state index in [4.69, 9.17) is 4.74 Å². The maximum Gasteiger partial charge on any atom is 0.254 e. The normalized spacial score (nSPS) is 21.3. The van der Waals surface area contributed by atoms with Crippen molar-refractivity contribution in [3.8, 4) is 0 Å². The van der Waals surface area contributed by atoms with Crippen molar-refractivity contribution in [3.05, 3.63) is 12.7 Å². The molecule has 0 radical (unpaired) electrons. The molecule has 1 heterocycles. The van der Waals surface area contributed by atoms with Gasteiger partial charge in [0, 0.05) is 5.92 Å². The van der Waals surface area contributed by atoms with Gasteiger partial charge in [0.05, 0.1) is 5.54 Å². The molecular weight excluding hydrogens is 214 g/mol. The van der Waals surface area contributed by atoms with Crippen molar-refractivity contribution in [1.29, 1.82) is 0 Å². The van der Waals surface area contributed by atoms with Crippen molar-refractivity contribution in [2.24, 2.45) is 16.8 Å². The van der Waals surface area contributed by atoms with Crippen LogP contribution in [0.25, 0.3) is 0 Å². The molecule has 0 saturated heterocycles. The molecule has 1 aliphatic rings. The summed E-state index contributed by atoms with van der Waals surface area (Å²) < 4.78 is 5.39. The van der Waals surface area contributed by atoms with Gasteiger partial charge in [-0.05, 0) is 26.2 Å². The summed E-state index contributed by atoms with van der Waals surface area (Å²) in [5.74, 6) is 0.419. The zero-order valence-electron chi connectivity index (χ0n) is 11.3. The Balaban J connectivity index is 2.73. The van der Waals surface area contributed by atoms with Crippen LogP contribution in [0.3, 0.4) is 0 Å². The van der Waals surface area contributed by atoms with E-state index in [2.05, 4.69) is 18.5 Å². The van der Waals surface area contributed by atoms with Crippen LogP contribution < -0.4 is 0 Å². The number of rotatable bonds is 6. The fraction of sp³-hybridized carbons (Fsp3) is 0.714. The number of nitrogens with zero attached hydrogens (tertiary/aromatic N) is 1. The summed E-state index contributed by atoms with van der Waals surface area (Å²) in [6.07, 6.45) is 3.90. The average molecular weight is 237 g/mol. The molecule has 0 aromatic rings. The highest BCUT2D eigenvalue weighted by atomic mass is 16.5. The van der Waals surface area contributed by atoms with Crippen LogP contribution >= 0.6 is 0 Å².